The number of carbonyl (C=O) groups excluding carboxylic acids is 1. The molecule has 2 aromatic rings. The maximum atomic E-state index is 11.3. The van der Waals surface area contributed by atoms with Crippen molar-refractivity contribution in [3.05, 3.63) is 84.4 Å². The zero-order valence-corrected chi connectivity index (χ0v) is 14.1. The average Bonchev–Trinajstić information content (AvgIpc) is 2.66. The minimum absolute atomic E-state index is 0.294. The SMILES string of the molecule is C=CC(=O)OCCC(CC)(OCc1ccccc1)c1ccccc1. The molecule has 0 aromatic heterocycles. The summed E-state index contributed by atoms with van der Waals surface area (Å²) < 4.78 is 11.5. The van der Waals surface area contributed by atoms with Gasteiger partial charge in [0.2, 0.25) is 0 Å². The Morgan fingerprint density at radius 3 is 2.29 bits per heavy atom. The maximum Gasteiger partial charge on any atom is 0.330 e. The molecule has 0 saturated heterocycles. The van der Waals surface area contributed by atoms with Crippen molar-refractivity contribution in [3.8, 4) is 0 Å². The van der Waals surface area contributed by atoms with Gasteiger partial charge in [-0.3, -0.25) is 0 Å². The highest BCUT2D eigenvalue weighted by Gasteiger charge is 2.31. The Balaban J connectivity index is 2.15. The highest BCUT2D eigenvalue weighted by molar-refractivity contribution is 5.81. The number of esters is 1. The first-order chi connectivity index (χ1) is 11.7. The van der Waals surface area contributed by atoms with E-state index in [1.807, 2.05) is 48.5 Å². The number of hydrogen-bond acceptors (Lipinski definition) is 3. The van der Waals surface area contributed by atoms with E-state index in [1.54, 1.807) is 0 Å². The molecule has 3 heteroatoms. The van der Waals surface area contributed by atoms with Crippen molar-refractivity contribution in [2.45, 2.75) is 32.0 Å². The van der Waals surface area contributed by atoms with Gasteiger partial charge in [-0.1, -0.05) is 74.2 Å². The molecule has 0 saturated carbocycles. The summed E-state index contributed by atoms with van der Waals surface area (Å²) in [5.41, 5.74) is 1.73. The summed E-state index contributed by atoms with van der Waals surface area (Å²) in [6.45, 7) is 6.32. The molecule has 0 radical (unpaired) electrons. The molecule has 2 aromatic carbocycles. The van der Waals surface area contributed by atoms with Crippen molar-refractivity contribution in [1.82, 2.24) is 0 Å². The molecule has 0 fully saturated rings. The number of hydrogen-bond donors (Lipinski definition) is 0. The second-order valence-corrected chi connectivity index (χ2v) is 5.61. The first-order valence-corrected chi connectivity index (χ1v) is 8.23. The van der Waals surface area contributed by atoms with Crippen LogP contribution in [0.15, 0.2) is 73.3 Å². The lowest BCUT2D eigenvalue weighted by Crippen LogP contribution is -2.31. The Morgan fingerprint density at radius 2 is 1.71 bits per heavy atom. The van der Waals surface area contributed by atoms with Crippen molar-refractivity contribution in [2.75, 3.05) is 6.61 Å². The molecule has 2 rings (SSSR count). The van der Waals surface area contributed by atoms with Gasteiger partial charge in [-0.15, -0.1) is 0 Å². The smallest absolute Gasteiger partial charge is 0.330 e. The van der Waals surface area contributed by atoms with Crippen LogP contribution >= 0.6 is 0 Å². The second kappa shape index (κ2) is 9.04. The van der Waals surface area contributed by atoms with E-state index < -0.39 is 11.6 Å². The van der Waals surface area contributed by atoms with Gasteiger partial charge in [-0.05, 0) is 17.5 Å². The van der Waals surface area contributed by atoms with Crippen molar-refractivity contribution in [1.29, 1.82) is 0 Å². The molecule has 0 aliphatic rings. The van der Waals surface area contributed by atoms with Gasteiger partial charge in [-0.25, -0.2) is 4.79 Å². The standard InChI is InChI=1S/C21H24O3/c1-3-20(22)23-16-15-21(4-2,19-13-9-6-10-14-19)24-17-18-11-7-5-8-12-18/h3,5-14H,1,4,15-17H2,2H3. The van der Waals surface area contributed by atoms with Crippen LogP contribution in [0.4, 0.5) is 0 Å². The molecule has 0 spiro atoms. The zero-order valence-electron chi connectivity index (χ0n) is 14.1. The number of benzene rings is 2. The second-order valence-electron chi connectivity index (χ2n) is 5.61. The summed E-state index contributed by atoms with van der Waals surface area (Å²) in [4.78, 5) is 11.3. The molecule has 24 heavy (non-hydrogen) atoms. The number of ether oxygens (including phenoxy) is 2. The molecule has 0 N–H and O–H groups in total. The molecule has 0 bridgehead atoms. The predicted molar refractivity (Wildman–Crippen MR) is 95.4 cm³/mol. The van der Waals surface area contributed by atoms with E-state index >= 15 is 0 Å². The Morgan fingerprint density at radius 1 is 1.08 bits per heavy atom. The van der Waals surface area contributed by atoms with E-state index in [-0.39, 0.29) is 0 Å². The monoisotopic (exact) mass is 324 g/mol. The van der Waals surface area contributed by atoms with E-state index in [0.717, 1.165) is 17.5 Å². The van der Waals surface area contributed by atoms with E-state index in [4.69, 9.17) is 9.47 Å². The van der Waals surface area contributed by atoms with Gasteiger partial charge < -0.3 is 9.47 Å². The van der Waals surface area contributed by atoms with E-state index in [9.17, 15) is 4.79 Å². The zero-order chi connectivity index (χ0) is 17.3. The van der Waals surface area contributed by atoms with Crippen LogP contribution in [0.25, 0.3) is 0 Å². The van der Waals surface area contributed by atoms with Crippen LogP contribution in [0, 0.1) is 0 Å². The topological polar surface area (TPSA) is 35.5 Å². The van der Waals surface area contributed by atoms with Crippen LogP contribution < -0.4 is 0 Å². The van der Waals surface area contributed by atoms with Crippen molar-refractivity contribution in [2.24, 2.45) is 0 Å². The Kier molecular flexibility index (Phi) is 6.76. The van der Waals surface area contributed by atoms with Gasteiger partial charge in [0, 0.05) is 12.5 Å². The van der Waals surface area contributed by atoms with Gasteiger partial charge in [0.25, 0.3) is 0 Å². The normalized spacial score (nSPS) is 13.0. The largest absolute Gasteiger partial charge is 0.462 e. The number of rotatable bonds is 9. The maximum absolute atomic E-state index is 11.3. The summed E-state index contributed by atoms with van der Waals surface area (Å²) >= 11 is 0. The molecule has 3 nitrogen and oxygen atoms in total. The fourth-order valence-electron chi connectivity index (χ4n) is 2.70. The molecule has 0 aliphatic heterocycles. The Labute approximate surface area is 143 Å². The quantitative estimate of drug-likeness (QED) is 0.498. The molecule has 1 unspecified atom stereocenters. The van der Waals surface area contributed by atoms with Crippen LogP contribution in [0.2, 0.25) is 0 Å². The lowest BCUT2D eigenvalue weighted by atomic mass is 9.87. The average molecular weight is 324 g/mol. The van der Waals surface area contributed by atoms with Gasteiger partial charge >= 0.3 is 5.97 Å². The fourth-order valence-corrected chi connectivity index (χ4v) is 2.70. The minimum Gasteiger partial charge on any atom is -0.462 e. The van der Waals surface area contributed by atoms with Gasteiger partial charge in [0.1, 0.15) is 0 Å². The fraction of sp³-hybridized carbons (Fsp3) is 0.286. The third kappa shape index (κ3) is 4.80. The van der Waals surface area contributed by atoms with Crippen molar-refractivity contribution >= 4 is 5.97 Å². The summed E-state index contributed by atoms with van der Waals surface area (Å²) in [5.74, 6) is -0.406. The molecular formula is C21H24O3. The van der Waals surface area contributed by atoms with E-state index in [1.165, 1.54) is 6.08 Å². The van der Waals surface area contributed by atoms with Gasteiger partial charge in [0.05, 0.1) is 18.8 Å². The van der Waals surface area contributed by atoms with E-state index in [2.05, 4.69) is 25.6 Å². The summed E-state index contributed by atoms with van der Waals surface area (Å²) in [6.07, 6.45) is 2.57. The lowest BCUT2D eigenvalue weighted by Gasteiger charge is -2.33. The first-order valence-electron chi connectivity index (χ1n) is 8.23. The van der Waals surface area contributed by atoms with Crippen LogP contribution in [0.3, 0.4) is 0 Å². The lowest BCUT2D eigenvalue weighted by molar-refractivity contribution is -0.141. The highest BCUT2D eigenvalue weighted by atomic mass is 16.5. The van der Waals surface area contributed by atoms with Gasteiger partial charge in [0.15, 0.2) is 0 Å². The molecule has 1 atom stereocenters. The van der Waals surface area contributed by atoms with Gasteiger partial charge in [-0.2, -0.15) is 0 Å². The first kappa shape index (κ1) is 18.0. The number of carbonyl (C=O) groups is 1. The van der Waals surface area contributed by atoms with Crippen molar-refractivity contribution < 1.29 is 14.3 Å². The van der Waals surface area contributed by atoms with Crippen LogP contribution in [-0.4, -0.2) is 12.6 Å². The molecule has 0 heterocycles. The molecular weight excluding hydrogens is 300 g/mol. The van der Waals surface area contributed by atoms with E-state index in [0.29, 0.717) is 19.6 Å². The highest BCUT2D eigenvalue weighted by Crippen LogP contribution is 2.34. The van der Waals surface area contributed by atoms with Crippen molar-refractivity contribution in [3.63, 3.8) is 0 Å². The van der Waals surface area contributed by atoms with Crippen LogP contribution in [0.5, 0.6) is 0 Å². The Hall–Kier alpha value is -2.39. The summed E-state index contributed by atoms with van der Waals surface area (Å²) in [7, 11) is 0. The molecule has 0 aliphatic carbocycles. The molecule has 0 amide bonds. The third-order valence-corrected chi connectivity index (χ3v) is 4.15. The predicted octanol–water partition coefficient (Wildman–Crippen LogP) is 4.63. The Bertz CT molecular complexity index is 637. The summed E-state index contributed by atoms with van der Waals surface area (Å²) in [5, 5.41) is 0. The minimum atomic E-state index is -0.488. The van der Waals surface area contributed by atoms with Crippen LogP contribution in [0.1, 0.15) is 30.9 Å². The molecule has 126 valence electrons. The van der Waals surface area contributed by atoms with Crippen LogP contribution in [-0.2, 0) is 26.5 Å². The summed E-state index contributed by atoms with van der Waals surface area (Å²) in [6, 6.07) is 20.2. The third-order valence-electron chi connectivity index (χ3n) is 4.15.